The zero-order chi connectivity index (χ0) is 14.1. The Morgan fingerprint density at radius 1 is 1.53 bits per heavy atom. The number of hydrogen-bond acceptors (Lipinski definition) is 5. The maximum absolute atomic E-state index is 10.4. The lowest BCUT2D eigenvalue weighted by atomic mass is 10.1. The van der Waals surface area contributed by atoms with Crippen molar-refractivity contribution >= 4 is 11.8 Å². The van der Waals surface area contributed by atoms with Crippen molar-refractivity contribution in [1.82, 2.24) is 9.97 Å². The van der Waals surface area contributed by atoms with Crippen LogP contribution in [0.5, 0.6) is 5.88 Å². The molecule has 1 heterocycles. The fraction of sp³-hybridized carbons (Fsp3) is 0.615. The molecule has 0 bridgehead atoms. The van der Waals surface area contributed by atoms with E-state index in [2.05, 4.69) is 15.3 Å². The van der Waals surface area contributed by atoms with Crippen LogP contribution >= 0.6 is 0 Å². The molecule has 1 aromatic heterocycles. The van der Waals surface area contributed by atoms with E-state index in [0.717, 1.165) is 12.8 Å². The van der Waals surface area contributed by atoms with Gasteiger partial charge in [-0.15, -0.1) is 0 Å². The Kier molecular flexibility index (Phi) is 6.63. The fourth-order valence-electron chi connectivity index (χ4n) is 1.59. The van der Waals surface area contributed by atoms with Crippen molar-refractivity contribution in [3.63, 3.8) is 0 Å². The number of anilines is 1. The van der Waals surface area contributed by atoms with Crippen LogP contribution < -0.4 is 10.1 Å². The normalized spacial score (nSPS) is 11.9. The van der Waals surface area contributed by atoms with Crippen molar-refractivity contribution in [1.29, 1.82) is 0 Å². The highest BCUT2D eigenvalue weighted by Gasteiger charge is 2.06. The molecule has 6 nitrogen and oxygen atoms in total. The first-order valence-corrected chi connectivity index (χ1v) is 6.55. The summed E-state index contributed by atoms with van der Waals surface area (Å²) in [4.78, 5) is 18.6. The Bertz CT molecular complexity index is 398. The van der Waals surface area contributed by atoms with E-state index in [1.54, 1.807) is 6.07 Å². The van der Waals surface area contributed by atoms with Gasteiger partial charge in [0.2, 0.25) is 5.88 Å². The molecule has 6 heteroatoms. The number of carbonyl (C=O) groups is 1. The summed E-state index contributed by atoms with van der Waals surface area (Å²) < 4.78 is 5.42. The molecule has 19 heavy (non-hydrogen) atoms. The van der Waals surface area contributed by atoms with Gasteiger partial charge in [-0.2, -0.15) is 0 Å². The molecule has 0 aliphatic carbocycles. The van der Waals surface area contributed by atoms with Gasteiger partial charge < -0.3 is 15.2 Å². The molecule has 1 aromatic rings. The van der Waals surface area contributed by atoms with Crippen LogP contribution in [-0.2, 0) is 4.79 Å². The maximum atomic E-state index is 10.4. The van der Waals surface area contributed by atoms with Gasteiger partial charge in [0, 0.05) is 18.5 Å². The lowest BCUT2D eigenvalue weighted by molar-refractivity contribution is -0.137. The van der Waals surface area contributed by atoms with Crippen molar-refractivity contribution in [3.05, 3.63) is 12.4 Å². The summed E-state index contributed by atoms with van der Waals surface area (Å²) in [6, 6.07) is 1.91. The van der Waals surface area contributed by atoms with Crippen LogP contribution in [0.1, 0.15) is 39.5 Å². The topological polar surface area (TPSA) is 84.3 Å². The van der Waals surface area contributed by atoms with E-state index in [1.807, 2.05) is 13.8 Å². The first kappa shape index (κ1) is 15.2. The minimum absolute atomic E-state index is 0.160. The number of carboxylic acids is 1. The number of hydrogen-bond donors (Lipinski definition) is 2. The molecule has 0 saturated carbocycles. The zero-order valence-corrected chi connectivity index (χ0v) is 11.4. The molecule has 0 amide bonds. The summed E-state index contributed by atoms with van der Waals surface area (Å²) in [6.07, 6.45) is 4.01. The Morgan fingerprint density at radius 2 is 2.32 bits per heavy atom. The number of rotatable bonds is 9. The zero-order valence-electron chi connectivity index (χ0n) is 11.4. The number of nitrogens with zero attached hydrogens (tertiary/aromatic N) is 2. The first-order chi connectivity index (χ1) is 9.11. The van der Waals surface area contributed by atoms with Crippen molar-refractivity contribution in [2.45, 2.75) is 45.6 Å². The molecule has 0 spiro atoms. The smallest absolute Gasteiger partial charge is 0.303 e. The highest BCUT2D eigenvalue weighted by atomic mass is 16.5. The fourth-order valence-corrected chi connectivity index (χ4v) is 1.59. The van der Waals surface area contributed by atoms with E-state index in [4.69, 9.17) is 9.84 Å². The predicted molar refractivity (Wildman–Crippen MR) is 72.4 cm³/mol. The Balaban J connectivity index is 2.40. The van der Waals surface area contributed by atoms with Crippen LogP contribution in [0.4, 0.5) is 5.82 Å². The van der Waals surface area contributed by atoms with Gasteiger partial charge in [0.25, 0.3) is 0 Å². The molecule has 1 unspecified atom stereocenters. The van der Waals surface area contributed by atoms with Crippen LogP contribution in [0.2, 0.25) is 0 Å². The van der Waals surface area contributed by atoms with Crippen LogP contribution in [0, 0.1) is 0 Å². The molecule has 0 saturated heterocycles. The predicted octanol–water partition coefficient (Wildman–Crippen LogP) is 2.32. The lowest BCUT2D eigenvalue weighted by Crippen LogP contribution is -2.16. The molecular formula is C13H21N3O3. The monoisotopic (exact) mass is 267 g/mol. The number of nitrogens with one attached hydrogen (secondary N) is 1. The third-order valence-corrected chi connectivity index (χ3v) is 2.52. The van der Waals surface area contributed by atoms with Gasteiger partial charge >= 0.3 is 5.97 Å². The van der Waals surface area contributed by atoms with Gasteiger partial charge in [0.05, 0.1) is 6.61 Å². The molecule has 106 valence electrons. The summed E-state index contributed by atoms with van der Waals surface area (Å²) in [7, 11) is 0. The Labute approximate surface area is 113 Å². The first-order valence-electron chi connectivity index (χ1n) is 6.55. The molecule has 0 aliphatic rings. The van der Waals surface area contributed by atoms with E-state index >= 15 is 0 Å². The molecule has 0 aromatic carbocycles. The molecular weight excluding hydrogens is 246 g/mol. The summed E-state index contributed by atoms with van der Waals surface area (Å²) in [5.41, 5.74) is 0. The third kappa shape index (κ3) is 6.59. The van der Waals surface area contributed by atoms with E-state index in [0.29, 0.717) is 24.7 Å². The molecule has 1 atom stereocenters. The van der Waals surface area contributed by atoms with Gasteiger partial charge in [-0.05, 0) is 26.2 Å². The van der Waals surface area contributed by atoms with E-state index in [9.17, 15) is 4.79 Å². The minimum atomic E-state index is -0.760. The van der Waals surface area contributed by atoms with Crippen molar-refractivity contribution < 1.29 is 14.6 Å². The van der Waals surface area contributed by atoms with Crippen molar-refractivity contribution in [3.8, 4) is 5.88 Å². The van der Waals surface area contributed by atoms with Gasteiger partial charge in [-0.3, -0.25) is 4.79 Å². The quantitative estimate of drug-likeness (QED) is 0.714. The average Bonchev–Trinajstić information content (AvgIpc) is 2.36. The van der Waals surface area contributed by atoms with Gasteiger partial charge in [-0.1, -0.05) is 6.92 Å². The molecule has 0 radical (unpaired) electrons. The molecule has 1 rings (SSSR count). The van der Waals surface area contributed by atoms with Crippen LogP contribution in [0.15, 0.2) is 12.4 Å². The highest BCUT2D eigenvalue weighted by Crippen LogP contribution is 2.13. The second-order valence-electron chi connectivity index (χ2n) is 4.42. The molecule has 2 N–H and O–H groups in total. The standard InChI is InChI=1S/C13H21N3O3/c1-3-7-19-12-8-11(14-9-15-12)16-10(2)5-4-6-13(17)18/h8-10H,3-7H2,1-2H3,(H,17,18)(H,14,15,16). The summed E-state index contributed by atoms with van der Waals surface area (Å²) in [6.45, 7) is 4.66. The van der Waals surface area contributed by atoms with Crippen LogP contribution in [0.3, 0.4) is 0 Å². The van der Waals surface area contributed by atoms with Crippen LogP contribution in [-0.4, -0.2) is 33.7 Å². The lowest BCUT2D eigenvalue weighted by Gasteiger charge is -2.14. The van der Waals surface area contributed by atoms with E-state index in [-0.39, 0.29) is 12.5 Å². The largest absolute Gasteiger partial charge is 0.481 e. The van der Waals surface area contributed by atoms with Gasteiger partial charge in [-0.25, -0.2) is 9.97 Å². The third-order valence-electron chi connectivity index (χ3n) is 2.52. The number of aliphatic carboxylic acids is 1. The van der Waals surface area contributed by atoms with Crippen LogP contribution in [0.25, 0.3) is 0 Å². The van der Waals surface area contributed by atoms with Crippen molar-refractivity contribution in [2.75, 3.05) is 11.9 Å². The highest BCUT2D eigenvalue weighted by molar-refractivity contribution is 5.66. The average molecular weight is 267 g/mol. The number of aromatic nitrogens is 2. The Hall–Kier alpha value is -1.85. The molecule has 0 fully saturated rings. The van der Waals surface area contributed by atoms with E-state index in [1.165, 1.54) is 6.33 Å². The summed E-state index contributed by atoms with van der Waals surface area (Å²) in [5, 5.41) is 11.8. The second-order valence-corrected chi connectivity index (χ2v) is 4.42. The Morgan fingerprint density at radius 3 is 3.00 bits per heavy atom. The van der Waals surface area contributed by atoms with E-state index < -0.39 is 5.97 Å². The second kappa shape index (κ2) is 8.29. The maximum Gasteiger partial charge on any atom is 0.303 e. The SMILES string of the molecule is CCCOc1cc(NC(C)CCCC(=O)O)ncn1. The molecule has 0 aliphatic heterocycles. The van der Waals surface area contributed by atoms with Crippen molar-refractivity contribution in [2.24, 2.45) is 0 Å². The summed E-state index contributed by atoms with van der Waals surface area (Å²) in [5.74, 6) is 0.491. The summed E-state index contributed by atoms with van der Waals surface area (Å²) >= 11 is 0. The number of ether oxygens (including phenoxy) is 1. The number of carboxylic acid groups (broad SMARTS) is 1. The minimum Gasteiger partial charge on any atom is -0.481 e. The van der Waals surface area contributed by atoms with Gasteiger partial charge in [0.1, 0.15) is 12.1 Å². The van der Waals surface area contributed by atoms with Gasteiger partial charge in [0.15, 0.2) is 0 Å².